The van der Waals surface area contributed by atoms with E-state index in [1.165, 1.54) is 6.34 Å². The zero-order valence-corrected chi connectivity index (χ0v) is 18.6. The SMILES string of the molecule is CC(C)N=NN=C(N)c1cccc(N=C(N=CN)c2[nH]ccc2CN2CCC(N)CC2)c1. The lowest BCUT2D eigenvalue weighted by molar-refractivity contribution is 0.205. The highest BCUT2D eigenvalue weighted by atomic mass is 15.4. The third kappa shape index (κ3) is 6.56. The summed E-state index contributed by atoms with van der Waals surface area (Å²) in [6.07, 6.45) is 5.15. The van der Waals surface area contributed by atoms with E-state index < -0.39 is 0 Å². The molecule has 10 heteroatoms. The second kappa shape index (κ2) is 11.3. The number of aromatic nitrogens is 1. The number of hydrogen-bond donors (Lipinski definition) is 4. The second-order valence-corrected chi connectivity index (χ2v) is 8.04. The highest BCUT2D eigenvalue weighted by Gasteiger charge is 2.19. The minimum absolute atomic E-state index is 0.0517. The van der Waals surface area contributed by atoms with Crippen LogP contribution in [0.15, 0.2) is 62.0 Å². The number of benzene rings is 1. The third-order valence-electron chi connectivity index (χ3n) is 5.09. The quantitative estimate of drug-likeness (QED) is 0.227. The van der Waals surface area contributed by atoms with E-state index in [4.69, 9.17) is 22.2 Å². The molecule has 0 unspecified atom stereocenters. The Morgan fingerprint density at radius 2 is 2.03 bits per heavy atom. The van der Waals surface area contributed by atoms with Crippen LogP contribution in [0, 0.1) is 0 Å². The minimum atomic E-state index is 0.0517. The van der Waals surface area contributed by atoms with Crippen molar-refractivity contribution >= 4 is 23.7 Å². The lowest BCUT2D eigenvalue weighted by atomic mass is 10.1. The van der Waals surface area contributed by atoms with E-state index in [0.29, 0.717) is 23.1 Å². The number of rotatable bonds is 7. The van der Waals surface area contributed by atoms with Gasteiger partial charge in [-0.05, 0) is 68.8 Å². The van der Waals surface area contributed by atoms with Gasteiger partial charge in [-0.3, -0.25) is 4.90 Å². The van der Waals surface area contributed by atoms with E-state index >= 15 is 0 Å². The molecule has 2 heterocycles. The Hall–Kier alpha value is -3.37. The fourth-order valence-corrected chi connectivity index (χ4v) is 3.41. The molecule has 1 aliphatic heterocycles. The summed E-state index contributed by atoms with van der Waals surface area (Å²) in [4.78, 5) is 14.7. The molecule has 0 saturated carbocycles. The molecule has 0 spiro atoms. The average molecular weight is 437 g/mol. The standard InChI is InChI=1S/C22H32N10/c1-15(2)29-31-30-21(25)16-4-3-5-19(12-16)28-22(27-14-23)20-17(6-9-26-20)13-32-10-7-18(24)8-11-32/h3-6,9,12,14-15,18,26H,7-8,10-11,13,24H2,1-2H3,(H2,23,27,28)(H2,25,29,30). The smallest absolute Gasteiger partial charge is 0.178 e. The Kier molecular flexibility index (Phi) is 8.23. The van der Waals surface area contributed by atoms with Crippen molar-refractivity contribution in [1.82, 2.24) is 9.88 Å². The van der Waals surface area contributed by atoms with Crippen LogP contribution in [0.25, 0.3) is 0 Å². The average Bonchev–Trinajstić information content (AvgIpc) is 3.23. The van der Waals surface area contributed by atoms with Crippen molar-refractivity contribution < 1.29 is 0 Å². The zero-order valence-electron chi connectivity index (χ0n) is 18.6. The van der Waals surface area contributed by atoms with E-state index in [9.17, 15) is 0 Å². The minimum Gasteiger partial charge on any atom is -0.390 e. The van der Waals surface area contributed by atoms with Crippen molar-refractivity contribution in [2.24, 2.45) is 42.6 Å². The molecule has 1 aromatic carbocycles. The van der Waals surface area contributed by atoms with Crippen molar-refractivity contribution in [2.45, 2.75) is 45.3 Å². The van der Waals surface area contributed by atoms with Crippen molar-refractivity contribution in [1.29, 1.82) is 0 Å². The summed E-state index contributed by atoms with van der Waals surface area (Å²) < 4.78 is 0. The van der Waals surface area contributed by atoms with Crippen LogP contribution in [0.1, 0.15) is 43.5 Å². The molecule has 0 amide bonds. The predicted molar refractivity (Wildman–Crippen MR) is 129 cm³/mol. The zero-order chi connectivity index (χ0) is 22.9. The summed E-state index contributed by atoms with van der Waals surface area (Å²) in [6.45, 7) is 6.59. The van der Waals surface area contributed by atoms with Crippen LogP contribution in [0.2, 0.25) is 0 Å². The molecule has 170 valence electrons. The normalized spacial score (nSPS) is 17.2. The number of piperidine rings is 1. The maximum Gasteiger partial charge on any atom is 0.178 e. The van der Waals surface area contributed by atoms with Crippen LogP contribution in [-0.2, 0) is 6.54 Å². The summed E-state index contributed by atoms with van der Waals surface area (Å²) in [5.74, 6) is 0.757. The lowest BCUT2D eigenvalue weighted by Gasteiger charge is -2.30. The van der Waals surface area contributed by atoms with Gasteiger partial charge in [0, 0.05) is 24.3 Å². The number of likely N-dealkylation sites (tertiary alicyclic amines) is 1. The van der Waals surface area contributed by atoms with Gasteiger partial charge in [-0.2, -0.15) is 5.11 Å². The molecule has 3 rings (SSSR count). The summed E-state index contributed by atoms with van der Waals surface area (Å²) in [6, 6.07) is 9.79. The molecule has 0 atom stereocenters. The van der Waals surface area contributed by atoms with Crippen molar-refractivity contribution in [3.05, 3.63) is 53.3 Å². The Morgan fingerprint density at radius 3 is 2.75 bits per heavy atom. The van der Waals surface area contributed by atoms with Crippen LogP contribution in [0.3, 0.4) is 0 Å². The number of aromatic amines is 1. The number of aliphatic imine (C=N–C) groups is 2. The van der Waals surface area contributed by atoms with Crippen LogP contribution < -0.4 is 17.2 Å². The second-order valence-electron chi connectivity index (χ2n) is 8.04. The number of hydrogen-bond acceptors (Lipinski definition) is 5. The number of nitrogens with one attached hydrogen (secondary N) is 1. The highest BCUT2D eigenvalue weighted by molar-refractivity contribution is 6.04. The van der Waals surface area contributed by atoms with E-state index in [1.54, 1.807) is 0 Å². The fraction of sp³-hybridized carbons (Fsp3) is 0.409. The van der Waals surface area contributed by atoms with Gasteiger partial charge in [-0.25, -0.2) is 9.98 Å². The van der Waals surface area contributed by atoms with Gasteiger partial charge in [0.1, 0.15) is 0 Å². The molecular weight excluding hydrogens is 404 g/mol. The Morgan fingerprint density at radius 1 is 1.25 bits per heavy atom. The van der Waals surface area contributed by atoms with Crippen LogP contribution in [0.4, 0.5) is 5.69 Å². The molecule has 1 aromatic heterocycles. The Bertz CT molecular complexity index is 994. The van der Waals surface area contributed by atoms with E-state index in [2.05, 4.69) is 30.3 Å². The van der Waals surface area contributed by atoms with Crippen molar-refractivity contribution in [3.63, 3.8) is 0 Å². The first-order valence-electron chi connectivity index (χ1n) is 10.8. The van der Waals surface area contributed by atoms with Gasteiger partial charge in [-0.15, -0.1) is 5.10 Å². The topological polar surface area (TPSA) is 159 Å². The van der Waals surface area contributed by atoms with E-state index in [-0.39, 0.29) is 11.9 Å². The first-order valence-corrected chi connectivity index (χ1v) is 10.8. The molecule has 10 nitrogen and oxygen atoms in total. The predicted octanol–water partition coefficient (Wildman–Crippen LogP) is 2.48. The van der Waals surface area contributed by atoms with E-state index in [1.807, 2.05) is 50.4 Å². The first kappa shape index (κ1) is 23.3. The van der Waals surface area contributed by atoms with Crippen LogP contribution in [0.5, 0.6) is 0 Å². The number of amidine groups is 2. The summed E-state index contributed by atoms with van der Waals surface area (Å²) >= 11 is 0. The molecule has 1 saturated heterocycles. The highest BCUT2D eigenvalue weighted by Crippen LogP contribution is 2.20. The van der Waals surface area contributed by atoms with Crippen molar-refractivity contribution in [2.75, 3.05) is 13.1 Å². The van der Waals surface area contributed by atoms with Crippen LogP contribution >= 0.6 is 0 Å². The molecule has 0 aliphatic carbocycles. The summed E-state index contributed by atoms with van der Waals surface area (Å²) in [5, 5.41) is 11.7. The van der Waals surface area contributed by atoms with E-state index in [0.717, 1.165) is 43.7 Å². The maximum absolute atomic E-state index is 6.05. The maximum atomic E-state index is 6.05. The van der Waals surface area contributed by atoms with Gasteiger partial charge >= 0.3 is 0 Å². The summed E-state index contributed by atoms with van der Waals surface area (Å²) in [5.41, 5.74) is 21.0. The molecule has 0 bridgehead atoms. The number of nitrogens with two attached hydrogens (primary N) is 3. The summed E-state index contributed by atoms with van der Waals surface area (Å²) in [7, 11) is 0. The first-order chi connectivity index (χ1) is 15.5. The number of H-pyrrole nitrogens is 1. The largest absolute Gasteiger partial charge is 0.390 e. The van der Waals surface area contributed by atoms with Gasteiger partial charge in [0.15, 0.2) is 11.7 Å². The molecule has 1 aliphatic rings. The Balaban J connectivity index is 1.84. The molecule has 32 heavy (non-hydrogen) atoms. The van der Waals surface area contributed by atoms with Gasteiger partial charge in [0.05, 0.1) is 23.8 Å². The van der Waals surface area contributed by atoms with Crippen LogP contribution in [-0.4, -0.2) is 53.1 Å². The molecule has 2 aromatic rings. The fourth-order valence-electron chi connectivity index (χ4n) is 3.41. The molecule has 1 fully saturated rings. The molecule has 0 radical (unpaired) electrons. The molecular formula is C22H32N10. The van der Waals surface area contributed by atoms with Gasteiger partial charge in [0.2, 0.25) is 0 Å². The lowest BCUT2D eigenvalue weighted by Crippen LogP contribution is -2.39. The third-order valence-corrected chi connectivity index (χ3v) is 5.09. The Labute approximate surface area is 188 Å². The van der Waals surface area contributed by atoms with Gasteiger partial charge < -0.3 is 22.2 Å². The van der Waals surface area contributed by atoms with Gasteiger partial charge in [0.25, 0.3) is 0 Å². The van der Waals surface area contributed by atoms with Gasteiger partial charge in [-0.1, -0.05) is 12.1 Å². The molecule has 7 N–H and O–H groups in total. The van der Waals surface area contributed by atoms with Crippen molar-refractivity contribution in [3.8, 4) is 0 Å². The number of nitrogens with zero attached hydrogens (tertiary/aromatic N) is 6. The monoisotopic (exact) mass is 436 g/mol.